The van der Waals surface area contributed by atoms with Crippen LogP contribution in [0.25, 0.3) is 16.9 Å². The quantitative estimate of drug-likeness (QED) is 0.483. The minimum absolute atomic E-state index is 0.296. The zero-order chi connectivity index (χ0) is 20.5. The Kier molecular flexibility index (Phi) is 5.23. The number of aryl methyl sites for hydroxylation is 3. The van der Waals surface area contributed by atoms with E-state index in [1.165, 1.54) is 24.2 Å². The van der Waals surface area contributed by atoms with E-state index in [2.05, 4.69) is 54.8 Å². The fraction of sp³-hybridized carbons (Fsp3) is 0.350. The van der Waals surface area contributed by atoms with Crippen molar-refractivity contribution in [3.8, 4) is 5.82 Å². The van der Waals surface area contributed by atoms with E-state index in [1.54, 1.807) is 23.2 Å². The lowest BCUT2D eigenvalue weighted by Gasteiger charge is -2.02. The summed E-state index contributed by atoms with van der Waals surface area (Å²) < 4.78 is 15.1. The van der Waals surface area contributed by atoms with Crippen molar-refractivity contribution < 1.29 is 4.21 Å². The van der Waals surface area contributed by atoms with Gasteiger partial charge in [-0.25, -0.2) is 19.9 Å². The lowest BCUT2D eigenvalue weighted by molar-refractivity contribution is 0.677. The lowest BCUT2D eigenvalue weighted by Crippen LogP contribution is -2.06. The first-order chi connectivity index (χ1) is 13.9. The molecule has 1 saturated carbocycles. The van der Waals surface area contributed by atoms with Crippen molar-refractivity contribution >= 4 is 21.8 Å². The Bertz CT molecular complexity index is 1190. The largest absolute Gasteiger partial charge is 0.331 e. The van der Waals surface area contributed by atoms with Crippen LogP contribution < -0.4 is 0 Å². The van der Waals surface area contributed by atoms with Crippen molar-refractivity contribution in [1.29, 1.82) is 0 Å². The molecule has 0 aliphatic heterocycles. The van der Waals surface area contributed by atoms with Gasteiger partial charge >= 0.3 is 0 Å². The van der Waals surface area contributed by atoms with Crippen LogP contribution in [-0.4, -0.2) is 44.7 Å². The smallest absolute Gasteiger partial charge is 0.220 e. The normalized spacial score (nSPS) is 14.5. The van der Waals surface area contributed by atoms with Gasteiger partial charge in [0.15, 0.2) is 5.82 Å². The van der Waals surface area contributed by atoms with Gasteiger partial charge in [0.2, 0.25) is 5.16 Å². The molecule has 150 valence electrons. The SMILES string of the molecule is Cc1nc(C)n(-c2ccnc(S(C)=O)n2)n1.Cn1c(C2CC2)nc2ccccc21. The zero-order valence-corrected chi connectivity index (χ0v) is 17.7. The third-order valence-electron chi connectivity index (χ3n) is 4.73. The second kappa shape index (κ2) is 7.82. The number of para-hydroxylation sites is 2. The molecule has 0 N–H and O–H groups in total. The molecule has 0 radical (unpaired) electrons. The highest BCUT2D eigenvalue weighted by molar-refractivity contribution is 7.84. The van der Waals surface area contributed by atoms with Gasteiger partial charge in [-0.1, -0.05) is 12.1 Å². The molecular weight excluding hydrogens is 386 g/mol. The molecule has 1 fully saturated rings. The van der Waals surface area contributed by atoms with Crippen LogP contribution in [-0.2, 0) is 17.8 Å². The van der Waals surface area contributed by atoms with Crippen LogP contribution in [0.5, 0.6) is 0 Å². The van der Waals surface area contributed by atoms with Crippen LogP contribution in [0.3, 0.4) is 0 Å². The molecule has 3 aromatic heterocycles. The second-order valence-electron chi connectivity index (χ2n) is 7.06. The Morgan fingerprint density at radius 1 is 1.07 bits per heavy atom. The van der Waals surface area contributed by atoms with E-state index in [0.29, 0.717) is 16.8 Å². The van der Waals surface area contributed by atoms with Gasteiger partial charge in [0.1, 0.15) is 17.5 Å². The molecule has 1 aliphatic carbocycles. The van der Waals surface area contributed by atoms with Crippen LogP contribution in [0.4, 0.5) is 0 Å². The van der Waals surface area contributed by atoms with E-state index in [-0.39, 0.29) is 0 Å². The summed E-state index contributed by atoms with van der Waals surface area (Å²) in [5.74, 6) is 4.00. The molecule has 4 aromatic rings. The maximum absolute atomic E-state index is 11.3. The van der Waals surface area contributed by atoms with Crippen molar-refractivity contribution in [2.45, 2.75) is 37.8 Å². The number of imidazole rings is 1. The van der Waals surface area contributed by atoms with E-state index in [1.807, 2.05) is 19.9 Å². The van der Waals surface area contributed by atoms with E-state index in [4.69, 9.17) is 0 Å². The monoisotopic (exact) mass is 409 g/mol. The summed E-state index contributed by atoms with van der Waals surface area (Å²) in [6.07, 6.45) is 5.74. The standard InChI is InChI=1S/C11H12N2.C9H11N5OS/c1-13-10-5-3-2-4-9(10)12-11(13)8-6-7-8;1-6-11-7(2)14(13-6)8-4-5-10-9(12-8)16(3)15/h2-5,8H,6-7H2,1H3;4-5H,1-3H3. The molecular formula is C20H23N7OS. The molecule has 0 amide bonds. The summed E-state index contributed by atoms with van der Waals surface area (Å²) in [6.45, 7) is 3.65. The van der Waals surface area contributed by atoms with Gasteiger partial charge in [-0.15, -0.1) is 5.10 Å². The zero-order valence-electron chi connectivity index (χ0n) is 16.9. The summed E-state index contributed by atoms with van der Waals surface area (Å²) >= 11 is 0. The highest BCUT2D eigenvalue weighted by atomic mass is 32.2. The number of hydrogen-bond acceptors (Lipinski definition) is 6. The molecule has 0 bridgehead atoms. The summed E-state index contributed by atoms with van der Waals surface area (Å²) in [6, 6.07) is 10.0. The Morgan fingerprint density at radius 3 is 2.45 bits per heavy atom. The highest BCUT2D eigenvalue weighted by Crippen LogP contribution is 2.40. The number of nitrogens with zero attached hydrogens (tertiary/aromatic N) is 7. The number of aromatic nitrogens is 7. The van der Waals surface area contributed by atoms with E-state index < -0.39 is 10.8 Å². The van der Waals surface area contributed by atoms with Crippen LogP contribution in [0.1, 0.15) is 36.2 Å². The molecule has 1 atom stereocenters. The molecule has 29 heavy (non-hydrogen) atoms. The van der Waals surface area contributed by atoms with E-state index in [9.17, 15) is 4.21 Å². The van der Waals surface area contributed by atoms with Crippen molar-refractivity contribution in [3.63, 3.8) is 0 Å². The van der Waals surface area contributed by atoms with E-state index >= 15 is 0 Å². The Morgan fingerprint density at radius 2 is 1.83 bits per heavy atom. The molecule has 3 heterocycles. The maximum Gasteiger partial charge on any atom is 0.220 e. The summed E-state index contributed by atoms with van der Waals surface area (Å²) in [4.78, 5) is 16.9. The number of hydrogen-bond donors (Lipinski definition) is 0. The number of rotatable bonds is 3. The molecule has 9 heteroatoms. The number of fused-ring (bicyclic) bond motifs is 1. The van der Waals surface area contributed by atoms with Gasteiger partial charge in [0.25, 0.3) is 0 Å². The highest BCUT2D eigenvalue weighted by Gasteiger charge is 2.28. The van der Waals surface area contributed by atoms with Gasteiger partial charge in [-0.2, -0.15) is 4.68 Å². The van der Waals surface area contributed by atoms with Gasteiger partial charge in [0, 0.05) is 31.5 Å². The van der Waals surface area contributed by atoms with Gasteiger partial charge in [0.05, 0.1) is 21.8 Å². The van der Waals surface area contributed by atoms with Crippen LogP contribution in [0, 0.1) is 13.8 Å². The molecule has 1 unspecified atom stereocenters. The minimum Gasteiger partial charge on any atom is -0.331 e. The Hall–Kier alpha value is -2.94. The number of benzene rings is 1. The van der Waals surface area contributed by atoms with Gasteiger partial charge < -0.3 is 4.57 Å². The molecule has 1 aliphatic rings. The predicted molar refractivity (Wildman–Crippen MR) is 111 cm³/mol. The third kappa shape index (κ3) is 4.09. The van der Waals surface area contributed by atoms with Gasteiger partial charge in [-0.3, -0.25) is 4.21 Å². The Balaban J connectivity index is 0.000000144. The fourth-order valence-electron chi connectivity index (χ4n) is 3.20. The average molecular weight is 410 g/mol. The molecule has 0 saturated heterocycles. The topological polar surface area (TPSA) is 91.4 Å². The molecule has 8 nitrogen and oxygen atoms in total. The van der Waals surface area contributed by atoms with Crippen molar-refractivity contribution in [1.82, 2.24) is 34.3 Å². The molecule has 1 aromatic carbocycles. The first-order valence-corrected chi connectivity index (χ1v) is 11.0. The second-order valence-corrected chi connectivity index (χ2v) is 8.33. The van der Waals surface area contributed by atoms with Crippen LogP contribution in [0.2, 0.25) is 0 Å². The Labute approximate surface area is 171 Å². The summed E-state index contributed by atoms with van der Waals surface area (Å²) in [7, 11) is 0.918. The third-order valence-corrected chi connectivity index (χ3v) is 5.44. The minimum atomic E-state index is -1.20. The summed E-state index contributed by atoms with van der Waals surface area (Å²) in [5.41, 5.74) is 2.39. The summed E-state index contributed by atoms with van der Waals surface area (Å²) in [5, 5.41) is 4.49. The first kappa shape index (κ1) is 19.4. The van der Waals surface area contributed by atoms with Crippen LogP contribution in [0.15, 0.2) is 41.7 Å². The van der Waals surface area contributed by atoms with Crippen molar-refractivity contribution in [2.75, 3.05) is 6.26 Å². The van der Waals surface area contributed by atoms with Crippen LogP contribution >= 0.6 is 0 Å². The lowest BCUT2D eigenvalue weighted by atomic mass is 10.3. The van der Waals surface area contributed by atoms with Gasteiger partial charge in [-0.05, 0) is 38.8 Å². The first-order valence-electron chi connectivity index (χ1n) is 9.42. The predicted octanol–water partition coefficient (Wildman–Crippen LogP) is 2.86. The molecule has 0 spiro atoms. The average Bonchev–Trinajstić information content (AvgIpc) is 3.43. The van der Waals surface area contributed by atoms with Crippen molar-refractivity contribution in [3.05, 3.63) is 54.0 Å². The fourth-order valence-corrected chi connectivity index (χ4v) is 3.63. The maximum atomic E-state index is 11.3. The van der Waals surface area contributed by atoms with E-state index in [0.717, 1.165) is 17.3 Å². The van der Waals surface area contributed by atoms with Crippen molar-refractivity contribution in [2.24, 2.45) is 7.05 Å². The molecule has 5 rings (SSSR count).